The molecule has 0 unspecified atom stereocenters. The van der Waals surface area contributed by atoms with E-state index in [2.05, 4.69) is 20.3 Å². The SMILES string of the molecule is CCCCn1c(O)c(N=Nc2c(C#N)cnn2-c2ccccn2)c(C)c(C#N)c1=O. The van der Waals surface area contributed by atoms with E-state index < -0.39 is 5.56 Å². The summed E-state index contributed by atoms with van der Waals surface area (Å²) in [6.07, 6.45) is 4.34. The average molecular weight is 402 g/mol. The van der Waals surface area contributed by atoms with Gasteiger partial charge in [-0.3, -0.25) is 9.36 Å². The molecule has 0 aliphatic rings. The number of azo groups is 1. The molecular weight excluding hydrogens is 384 g/mol. The van der Waals surface area contributed by atoms with E-state index in [1.54, 1.807) is 24.4 Å². The third-order valence-electron chi connectivity index (χ3n) is 4.48. The summed E-state index contributed by atoms with van der Waals surface area (Å²) in [7, 11) is 0. The minimum Gasteiger partial charge on any atom is -0.493 e. The van der Waals surface area contributed by atoms with Crippen LogP contribution >= 0.6 is 0 Å². The van der Waals surface area contributed by atoms with Gasteiger partial charge in [-0.1, -0.05) is 19.4 Å². The highest BCUT2D eigenvalue weighted by Gasteiger charge is 2.20. The number of hydrogen-bond donors (Lipinski definition) is 1. The first-order chi connectivity index (χ1) is 14.5. The van der Waals surface area contributed by atoms with E-state index in [0.29, 0.717) is 12.2 Å². The number of nitriles is 2. The molecule has 30 heavy (non-hydrogen) atoms. The maximum atomic E-state index is 12.5. The lowest BCUT2D eigenvalue weighted by Crippen LogP contribution is -2.23. The van der Waals surface area contributed by atoms with Crippen molar-refractivity contribution in [2.45, 2.75) is 33.2 Å². The maximum Gasteiger partial charge on any atom is 0.271 e. The summed E-state index contributed by atoms with van der Waals surface area (Å²) >= 11 is 0. The first-order valence-corrected chi connectivity index (χ1v) is 9.21. The molecule has 3 aromatic heterocycles. The summed E-state index contributed by atoms with van der Waals surface area (Å²) in [6.45, 7) is 3.71. The molecule has 0 aromatic carbocycles. The van der Waals surface area contributed by atoms with Crippen LogP contribution in [-0.2, 0) is 6.54 Å². The van der Waals surface area contributed by atoms with Crippen molar-refractivity contribution in [2.75, 3.05) is 0 Å². The summed E-state index contributed by atoms with van der Waals surface area (Å²) < 4.78 is 2.46. The van der Waals surface area contributed by atoms with Crippen molar-refractivity contribution in [1.82, 2.24) is 19.3 Å². The van der Waals surface area contributed by atoms with Crippen molar-refractivity contribution in [3.63, 3.8) is 0 Å². The Morgan fingerprint density at radius 2 is 2.03 bits per heavy atom. The molecule has 10 heteroatoms. The quantitative estimate of drug-likeness (QED) is 0.625. The van der Waals surface area contributed by atoms with Gasteiger partial charge in [-0.2, -0.15) is 20.3 Å². The smallest absolute Gasteiger partial charge is 0.271 e. The third-order valence-corrected chi connectivity index (χ3v) is 4.48. The Morgan fingerprint density at radius 1 is 1.23 bits per heavy atom. The summed E-state index contributed by atoms with van der Waals surface area (Å²) in [5.74, 6) is 0.162. The summed E-state index contributed by atoms with van der Waals surface area (Å²) in [4.78, 5) is 16.7. The van der Waals surface area contributed by atoms with Crippen LogP contribution in [0.5, 0.6) is 5.88 Å². The van der Waals surface area contributed by atoms with Crippen molar-refractivity contribution in [2.24, 2.45) is 10.2 Å². The van der Waals surface area contributed by atoms with Gasteiger partial charge >= 0.3 is 0 Å². The van der Waals surface area contributed by atoms with E-state index in [1.807, 2.05) is 19.1 Å². The number of unbranched alkanes of at least 4 members (excludes halogenated alkanes) is 1. The van der Waals surface area contributed by atoms with Crippen molar-refractivity contribution in [3.8, 4) is 23.8 Å². The van der Waals surface area contributed by atoms with E-state index >= 15 is 0 Å². The van der Waals surface area contributed by atoms with Crippen LogP contribution in [0.2, 0.25) is 0 Å². The molecule has 0 aliphatic heterocycles. The van der Waals surface area contributed by atoms with Crippen molar-refractivity contribution in [1.29, 1.82) is 10.5 Å². The zero-order valence-corrected chi connectivity index (χ0v) is 16.4. The summed E-state index contributed by atoms with van der Waals surface area (Å²) in [6, 6.07) is 9.05. The Hall–Kier alpha value is -4.31. The predicted molar refractivity (Wildman–Crippen MR) is 107 cm³/mol. The number of pyridine rings is 2. The normalized spacial score (nSPS) is 10.8. The predicted octanol–water partition coefficient (Wildman–Crippen LogP) is 3.40. The number of nitrogens with zero attached hydrogens (tertiary/aromatic N) is 8. The molecule has 0 saturated heterocycles. The fraction of sp³-hybridized carbons (Fsp3) is 0.250. The molecular formula is C20H18N8O2. The van der Waals surface area contributed by atoms with Crippen LogP contribution in [0.3, 0.4) is 0 Å². The molecule has 0 amide bonds. The minimum absolute atomic E-state index is 0.0140. The molecule has 0 spiro atoms. The first kappa shape index (κ1) is 20.4. The molecule has 3 heterocycles. The Labute approximate surface area is 172 Å². The first-order valence-electron chi connectivity index (χ1n) is 9.21. The van der Waals surface area contributed by atoms with Gasteiger partial charge in [-0.05, 0) is 25.5 Å². The zero-order valence-electron chi connectivity index (χ0n) is 16.4. The second-order valence-corrected chi connectivity index (χ2v) is 6.39. The highest BCUT2D eigenvalue weighted by molar-refractivity contribution is 5.59. The second kappa shape index (κ2) is 8.80. The van der Waals surface area contributed by atoms with Gasteiger partial charge in [-0.15, -0.1) is 10.2 Å². The second-order valence-electron chi connectivity index (χ2n) is 6.39. The van der Waals surface area contributed by atoms with E-state index in [0.717, 1.165) is 11.0 Å². The molecule has 1 N–H and O–H groups in total. The molecule has 0 saturated carbocycles. The van der Waals surface area contributed by atoms with Gasteiger partial charge in [0.2, 0.25) is 5.88 Å². The zero-order chi connectivity index (χ0) is 21.7. The Morgan fingerprint density at radius 3 is 2.67 bits per heavy atom. The van der Waals surface area contributed by atoms with Crippen LogP contribution in [0.15, 0.2) is 45.6 Å². The minimum atomic E-state index is -0.573. The Kier molecular flexibility index (Phi) is 5.99. The molecule has 0 atom stereocenters. The highest BCUT2D eigenvalue weighted by Crippen LogP contribution is 2.33. The fourth-order valence-corrected chi connectivity index (χ4v) is 2.84. The number of hydrogen-bond acceptors (Lipinski definition) is 8. The van der Waals surface area contributed by atoms with E-state index in [9.17, 15) is 20.4 Å². The highest BCUT2D eigenvalue weighted by atomic mass is 16.3. The van der Waals surface area contributed by atoms with Gasteiger partial charge in [0, 0.05) is 18.3 Å². The van der Waals surface area contributed by atoms with E-state index in [1.165, 1.54) is 17.8 Å². The lowest BCUT2D eigenvalue weighted by Gasteiger charge is -2.12. The maximum absolute atomic E-state index is 12.5. The van der Waals surface area contributed by atoms with Crippen LogP contribution in [-0.4, -0.2) is 24.4 Å². The Bertz CT molecular complexity index is 1240. The summed E-state index contributed by atoms with van der Waals surface area (Å²) in [5.41, 5.74) is -0.340. The number of aromatic nitrogens is 4. The lowest BCUT2D eigenvalue weighted by molar-refractivity contribution is 0.402. The van der Waals surface area contributed by atoms with Crippen LogP contribution < -0.4 is 5.56 Å². The standard InChI is InChI=1S/C20H18N8O2/c1-3-4-9-27-19(29)15(11-22)13(2)17(20(27)30)25-26-18-14(10-21)12-24-28(18)16-7-5-6-8-23-16/h5-8,12,30H,3-4,9H2,1-2H3. The van der Waals surface area contributed by atoms with Crippen LogP contribution in [0.4, 0.5) is 11.5 Å². The average Bonchev–Trinajstić information content (AvgIpc) is 3.17. The third kappa shape index (κ3) is 3.66. The molecule has 10 nitrogen and oxygen atoms in total. The van der Waals surface area contributed by atoms with Crippen molar-refractivity contribution >= 4 is 11.5 Å². The summed E-state index contributed by atoms with van der Waals surface area (Å²) in [5, 5.41) is 41.8. The number of aromatic hydroxyl groups is 1. The Balaban J connectivity index is 2.16. The van der Waals surface area contributed by atoms with Gasteiger partial charge < -0.3 is 5.11 Å². The molecule has 0 radical (unpaired) electrons. The van der Waals surface area contributed by atoms with E-state index in [-0.39, 0.29) is 40.6 Å². The van der Waals surface area contributed by atoms with E-state index in [4.69, 9.17) is 0 Å². The van der Waals surface area contributed by atoms with Crippen molar-refractivity contribution in [3.05, 3.63) is 57.6 Å². The molecule has 0 fully saturated rings. The van der Waals surface area contributed by atoms with Crippen LogP contribution in [0, 0.1) is 29.6 Å². The largest absolute Gasteiger partial charge is 0.493 e. The lowest BCUT2D eigenvalue weighted by atomic mass is 10.1. The molecule has 0 bridgehead atoms. The monoisotopic (exact) mass is 402 g/mol. The number of rotatable bonds is 6. The van der Waals surface area contributed by atoms with Gasteiger partial charge in [-0.25, -0.2) is 4.98 Å². The fourth-order valence-electron chi connectivity index (χ4n) is 2.84. The van der Waals surface area contributed by atoms with Gasteiger partial charge in [0.15, 0.2) is 17.3 Å². The van der Waals surface area contributed by atoms with Gasteiger partial charge in [0.1, 0.15) is 23.3 Å². The molecule has 0 aliphatic carbocycles. The topological polar surface area (TPSA) is 145 Å². The molecule has 150 valence electrons. The molecule has 3 rings (SSSR count). The van der Waals surface area contributed by atoms with Crippen molar-refractivity contribution < 1.29 is 5.11 Å². The van der Waals surface area contributed by atoms with Gasteiger partial charge in [0.25, 0.3) is 5.56 Å². The molecule has 3 aromatic rings. The van der Waals surface area contributed by atoms with Crippen LogP contribution in [0.25, 0.3) is 5.82 Å². The van der Waals surface area contributed by atoms with Gasteiger partial charge in [0.05, 0.1) is 6.20 Å². The van der Waals surface area contributed by atoms with Crippen LogP contribution in [0.1, 0.15) is 36.5 Å².